The fourth-order valence-electron chi connectivity index (χ4n) is 4.02. The molecule has 3 heterocycles. The van der Waals surface area contributed by atoms with Crippen molar-refractivity contribution in [3.8, 4) is 11.5 Å². The molecule has 1 aliphatic heterocycles. The minimum Gasteiger partial charge on any atom is -0.451 e. The van der Waals surface area contributed by atoms with E-state index < -0.39 is 0 Å². The molecule has 2 atom stereocenters. The predicted molar refractivity (Wildman–Crippen MR) is 110 cm³/mol. The van der Waals surface area contributed by atoms with Crippen LogP contribution in [0.2, 0.25) is 0 Å². The molecule has 4 nitrogen and oxygen atoms in total. The van der Waals surface area contributed by atoms with E-state index in [4.69, 9.17) is 4.74 Å². The SMILES string of the molecule is CC1=CC(C(C)(C)C)=CC(C)C1N1c2cnc(C)cc2Oc2cccnc21. The predicted octanol–water partition coefficient (Wildman–Crippen LogP) is 5.97. The molecule has 0 saturated heterocycles. The Morgan fingerprint density at radius 1 is 1.11 bits per heavy atom. The van der Waals surface area contributed by atoms with Crippen molar-refractivity contribution in [2.24, 2.45) is 11.3 Å². The molecule has 0 aromatic carbocycles. The zero-order valence-electron chi connectivity index (χ0n) is 16.9. The topological polar surface area (TPSA) is 38.2 Å². The molecule has 2 aromatic heterocycles. The van der Waals surface area contributed by atoms with E-state index in [0.717, 1.165) is 28.7 Å². The van der Waals surface area contributed by atoms with E-state index in [0.29, 0.717) is 5.92 Å². The summed E-state index contributed by atoms with van der Waals surface area (Å²) in [5.74, 6) is 2.83. The minimum atomic E-state index is 0.137. The van der Waals surface area contributed by atoms with Crippen LogP contribution in [0.4, 0.5) is 11.5 Å². The van der Waals surface area contributed by atoms with Crippen LogP contribution in [0.1, 0.15) is 40.3 Å². The smallest absolute Gasteiger partial charge is 0.177 e. The fourth-order valence-corrected chi connectivity index (χ4v) is 4.02. The molecule has 27 heavy (non-hydrogen) atoms. The van der Waals surface area contributed by atoms with Gasteiger partial charge in [-0.3, -0.25) is 4.98 Å². The van der Waals surface area contributed by atoms with Gasteiger partial charge >= 0.3 is 0 Å². The quantitative estimate of drug-likeness (QED) is 0.627. The molecule has 0 radical (unpaired) electrons. The summed E-state index contributed by atoms with van der Waals surface area (Å²) >= 11 is 0. The summed E-state index contributed by atoms with van der Waals surface area (Å²) in [5, 5.41) is 0. The van der Waals surface area contributed by atoms with Crippen LogP contribution in [-0.2, 0) is 0 Å². The molecule has 0 fully saturated rings. The van der Waals surface area contributed by atoms with Crippen LogP contribution in [-0.4, -0.2) is 16.0 Å². The second kappa shape index (κ2) is 6.22. The Morgan fingerprint density at radius 3 is 2.59 bits per heavy atom. The Kier molecular flexibility index (Phi) is 4.10. The fraction of sp³-hybridized carbons (Fsp3) is 0.391. The van der Waals surface area contributed by atoms with Crippen molar-refractivity contribution in [3.63, 3.8) is 0 Å². The number of anilines is 2. The van der Waals surface area contributed by atoms with Crippen LogP contribution in [0.15, 0.2) is 53.9 Å². The van der Waals surface area contributed by atoms with Gasteiger partial charge in [-0.05, 0) is 48.5 Å². The lowest BCUT2D eigenvalue weighted by atomic mass is 9.77. The first-order valence-corrected chi connectivity index (χ1v) is 9.55. The molecular weight excluding hydrogens is 334 g/mol. The second-order valence-corrected chi connectivity index (χ2v) is 8.65. The van der Waals surface area contributed by atoms with E-state index in [9.17, 15) is 0 Å². The highest BCUT2D eigenvalue weighted by Crippen LogP contribution is 2.49. The Morgan fingerprint density at radius 2 is 1.89 bits per heavy atom. The maximum atomic E-state index is 6.15. The number of pyridine rings is 2. The Balaban J connectivity index is 1.85. The van der Waals surface area contributed by atoms with Crippen LogP contribution in [0.3, 0.4) is 0 Å². The van der Waals surface area contributed by atoms with Gasteiger partial charge in [-0.25, -0.2) is 4.98 Å². The summed E-state index contributed by atoms with van der Waals surface area (Å²) in [6, 6.07) is 6.08. The van der Waals surface area contributed by atoms with Crippen LogP contribution >= 0.6 is 0 Å². The van der Waals surface area contributed by atoms with Crippen LogP contribution in [0, 0.1) is 18.3 Å². The molecule has 4 heteroatoms. The average molecular weight is 361 g/mol. The molecule has 140 valence electrons. The van der Waals surface area contributed by atoms with Gasteiger partial charge in [0.15, 0.2) is 17.3 Å². The van der Waals surface area contributed by atoms with Gasteiger partial charge in [0.05, 0.1) is 12.2 Å². The highest BCUT2D eigenvalue weighted by atomic mass is 16.5. The summed E-state index contributed by atoms with van der Waals surface area (Å²) in [6.07, 6.45) is 8.47. The molecular formula is C23H27N3O. The Labute approximate surface area is 161 Å². The molecule has 0 amide bonds. The average Bonchev–Trinajstić information content (AvgIpc) is 2.59. The lowest BCUT2D eigenvalue weighted by Gasteiger charge is -2.42. The highest BCUT2D eigenvalue weighted by Gasteiger charge is 2.37. The van der Waals surface area contributed by atoms with Gasteiger partial charge in [0.25, 0.3) is 0 Å². The number of aryl methyl sites for hydroxylation is 1. The Hall–Kier alpha value is -2.62. The number of rotatable bonds is 1. The van der Waals surface area contributed by atoms with Gasteiger partial charge < -0.3 is 9.64 Å². The van der Waals surface area contributed by atoms with Gasteiger partial charge in [-0.1, -0.05) is 39.8 Å². The zero-order chi connectivity index (χ0) is 19.3. The molecule has 0 saturated carbocycles. The van der Waals surface area contributed by atoms with Crippen molar-refractivity contribution < 1.29 is 4.74 Å². The van der Waals surface area contributed by atoms with Gasteiger partial charge in [0, 0.05) is 18.0 Å². The number of aromatic nitrogens is 2. The van der Waals surface area contributed by atoms with Crippen molar-refractivity contribution in [2.75, 3.05) is 4.90 Å². The minimum absolute atomic E-state index is 0.137. The second-order valence-electron chi connectivity index (χ2n) is 8.65. The van der Waals surface area contributed by atoms with Crippen molar-refractivity contribution in [3.05, 3.63) is 59.6 Å². The molecule has 4 rings (SSSR count). The van der Waals surface area contributed by atoms with Crippen molar-refractivity contribution in [2.45, 2.75) is 47.6 Å². The summed E-state index contributed by atoms with van der Waals surface area (Å²) in [6.45, 7) is 13.3. The van der Waals surface area contributed by atoms with Gasteiger partial charge in [0.1, 0.15) is 5.69 Å². The monoisotopic (exact) mass is 361 g/mol. The first-order chi connectivity index (χ1) is 12.8. The van der Waals surface area contributed by atoms with Crippen molar-refractivity contribution in [1.29, 1.82) is 0 Å². The standard InChI is InChI=1S/C23H27N3O/c1-14-10-17(23(4,5)6)11-15(2)21(14)26-18-13-25-16(3)12-20(18)27-19-8-7-9-24-22(19)26/h7-14,21H,1-6H3. The molecule has 0 N–H and O–H groups in total. The third kappa shape index (κ3) is 3.03. The van der Waals surface area contributed by atoms with E-state index in [1.807, 2.05) is 37.5 Å². The molecule has 2 unspecified atom stereocenters. The van der Waals surface area contributed by atoms with Crippen LogP contribution in [0.5, 0.6) is 11.5 Å². The number of fused-ring (bicyclic) bond motifs is 2. The van der Waals surface area contributed by atoms with E-state index in [1.165, 1.54) is 11.1 Å². The molecule has 0 spiro atoms. The largest absolute Gasteiger partial charge is 0.451 e. The third-order valence-electron chi connectivity index (χ3n) is 5.38. The summed E-state index contributed by atoms with van der Waals surface area (Å²) in [4.78, 5) is 11.5. The first-order valence-electron chi connectivity index (χ1n) is 9.55. The summed E-state index contributed by atoms with van der Waals surface area (Å²) in [7, 11) is 0. The number of allylic oxidation sites excluding steroid dienone is 2. The molecule has 2 aromatic rings. The summed E-state index contributed by atoms with van der Waals surface area (Å²) < 4.78 is 6.15. The van der Waals surface area contributed by atoms with Gasteiger partial charge in [-0.2, -0.15) is 0 Å². The van der Waals surface area contributed by atoms with E-state index in [-0.39, 0.29) is 11.5 Å². The van der Waals surface area contributed by atoms with Gasteiger partial charge in [-0.15, -0.1) is 0 Å². The summed E-state index contributed by atoms with van der Waals surface area (Å²) in [5.41, 5.74) is 4.78. The van der Waals surface area contributed by atoms with Crippen LogP contribution in [0.25, 0.3) is 0 Å². The first kappa shape index (κ1) is 17.8. The number of nitrogens with zero attached hydrogens (tertiary/aromatic N) is 3. The molecule has 0 bridgehead atoms. The van der Waals surface area contributed by atoms with E-state index in [1.54, 1.807) is 0 Å². The van der Waals surface area contributed by atoms with Crippen molar-refractivity contribution in [1.82, 2.24) is 9.97 Å². The number of ether oxygens (including phenoxy) is 1. The number of hydrogen-bond acceptors (Lipinski definition) is 4. The van der Waals surface area contributed by atoms with Gasteiger partial charge in [0.2, 0.25) is 0 Å². The van der Waals surface area contributed by atoms with E-state index >= 15 is 0 Å². The highest BCUT2D eigenvalue weighted by molar-refractivity contribution is 5.76. The number of hydrogen-bond donors (Lipinski definition) is 0. The lowest BCUT2D eigenvalue weighted by molar-refractivity contribution is 0.449. The molecule has 1 aliphatic carbocycles. The zero-order valence-corrected chi connectivity index (χ0v) is 16.9. The normalized spacial score (nSPS) is 21.6. The Bertz CT molecular complexity index is 952. The molecule has 2 aliphatic rings. The maximum Gasteiger partial charge on any atom is 0.177 e. The maximum absolute atomic E-state index is 6.15. The lowest BCUT2D eigenvalue weighted by Crippen LogP contribution is -2.40. The van der Waals surface area contributed by atoms with Crippen molar-refractivity contribution >= 4 is 11.5 Å². The van der Waals surface area contributed by atoms with Crippen LogP contribution < -0.4 is 9.64 Å². The third-order valence-corrected chi connectivity index (χ3v) is 5.38. The van der Waals surface area contributed by atoms with E-state index in [2.05, 4.69) is 61.6 Å².